The number of rotatable bonds is 4. The summed E-state index contributed by atoms with van der Waals surface area (Å²) in [7, 11) is 0. The number of halogens is 3. The Morgan fingerprint density at radius 2 is 1.58 bits per heavy atom. The van der Waals surface area contributed by atoms with Gasteiger partial charge in [0, 0.05) is 0 Å². The molecule has 0 saturated carbocycles. The fourth-order valence-corrected chi connectivity index (χ4v) is 3.02. The molecule has 0 unspecified atom stereocenters. The maximum Gasteiger partial charge on any atom is 0.262 e. The minimum atomic E-state index is -0.604. The second-order valence-corrected chi connectivity index (χ2v) is 6.66. The molecule has 2 aromatic carbocycles. The molecule has 5 nitrogen and oxygen atoms in total. The molecule has 1 aliphatic rings. The highest BCUT2D eigenvalue weighted by atomic mass is 35.5. The van der Waals surface area contributed by atoms with E-state index in [1.165, 1.54) is 24.3 Å². The number of imide groups is 1. The Hall–Kier alpha value is -2.44. The molecule has 1 atom stereocenters. The molecule has 3 amide bonds. The summed E-state index contributed by atoms with van der Waals surface area (Å²) >= 11 is 11.8. The number of fused-ring (bicyclic) bond motifs is 1. The number of carbonyl (C=O) groups excluding carboxylic acids is 3. The standard InChI is InChI=1S/C18H13Cl2FN2O3/c1-9(10-2-4-11(21)5-3-10)22-16(24)8-23-17(25)12-6-14(19)15(20)7-13(12)18(23)26/h2-7,9H,8H2,1H3,(H,22,24)/t9-/m0/s1. The zero-order chi connectivity index (χ0) is 19.0. The first kappa shape index (κ1) is 18.4. The fourth-order valence-electron chi connectivity index (χ4n) is 2.69. The van der Waals surface area contributed by atoms with Gasteiger partial charge in [0.1, 0.15) is 12.4 Å². The Labute approximate surface area is 158 Å². The third kappa shape index (κ3) is 3.43. The van der Waals surface area contributed by atoms with E-state index in [0.717, 1.165) is 4.90 Å². The van der Waals surface area contributed by atoms with E-state index in [2.05, 4.69) is 5.32 Å². The number of nitrogens with one attached hydrogen (secondary N) is 1. The summed E-state index contributed by atoms with van der Waals surface area (Å²) in [5, 5.41) is 2.98. The van der Waals surface area contributed by atoms with Crippen molar-refractivity contribution in [2.75, 3.05) is 6.54 Å². The highest BCUT2D eigenvalue weighted by Gasteiger charge is 2.37. The SMILES string of the molecule is C[C@H](NC(=O)CN1C(=O)c2cc(Cl)c(Cl)cc2C1=O)c1ccc(F)cc1. The normalized spacial score (nSPS) is 14.4. The van der Waals surface area contributed by atoms with E-state index < -0.39 is 30.3 Å². The molecule has 0 fully saturated rings. The highest BCUT2D eigenvalue weighted by molar-refractivity contribution is 6.43. The molecule has 0 saturated heterocycles. The summed E-state index contributed by atoms with van der Waals surface area (Å²) in [6, 6.07) is 7.89. The fraction of sp³-hybridized carbons (Fsp3) is 0.167. The van der Waals surface area contributed by atoms with Crippen LogP contribution in [0.15, 0.2) is 36.4 Å². The van der Waals surface area contributed by atoms with E-state index in [1.807, 2.05) is 0 Å². The summed E-state index contributed by atoms with van der Waals surface area (Å²) in [6.45, 7) is 1.28. The summed E-state index contributed by atoms with van der Waals surface area (Å²) in [5.41, 5.74) is 0.924. The van der Waals surface area contributed by atoms with Gasteiger partial charge in [-0.15, -0.1) is 0 Å². The van der Waals surface area contributed by atoms with E-state index in [9.17, 15) is 18.8 Å². The van der Waals surface area contributed by atoms with Gasteiger partial charge in [0.15, 0.2) is 0 Å². The van der Waals surface area contributed by atoms with Gasteiger partial charge >= 0.3 is 0 Å². The van der Waals surface area contributed by atoms with E-state index in [0.29, 0.717) is 5.56 Å². The van der Waals surface area contributed by atoms with Gasteiger partial charge in [0.2, 0.25) is 5.91 Å². The average molecular weight is 395 g/mol. The lowest BCUT2D eigenvalue weighted by atomic mass is 10.1. The Morgan fingerprint density at radius 1 is 1.08 bits per heavy atom. The first-order valence-electron chi connectivity index (χ1n) is 7.68. The van der Waals surface area contributed by atoms with Crippen LogP contribution in [0.4, 0.5) is 4.39 Å². The van der Waals surface area contributed by atoms with Crippen LogP contribution in [0.1, 0.15) is 39.2 Å². The van der Waals surface area contributed by atoms with Crippen LogP contribution in [0.25, 0.3) is 0 Å². The average Bonchev–Trinajstić information content (AvgIpc) is 2.80. The van der Waals surface area contributed by atoms with Crippen molar-refractivity contribution in [1.82, 2.24) is 10.2 Å². The lowest BCUT2D eigenvalue weighted by molar-refractivity contribution is -0.122. The molecule has 0 bridgehead atoms. The third-order valence-corrected chi connectivity index (χ3v) is 4.78. The number of amides is 3. The van der Waals surface area contributed by atoms with Crippen molar-refractivity contribution in [1.29, 1.82) is 0 Å². The van der Waals surface area contributed by atoms with Crippen molar-refractivity contribution in [3.05, 3.63) is 69.0 Å². The van der Waals surface area contributed by atoms with Gasteiger partial charge in [0.05, 0.1) is 27.2 Å². The van der Waals surface area contributed by atoms with Crippen LogP contribution in [-0.4, -0.2) is 29.2 Å². The number of nitrogens with zero attached hydrogens (tertiary/aromatic N) is 1. The van der Waals surface area contributed by atoms with Crippen LogP contribution in [-0.2, 0) is 4.79 Å². The predicted octanol–water partition coefficient (Wildman–Crippen LogP) is 3.61. The Balaban J connectivity index is 1.71. The van der Waals surface area contributed by atoms with Crippen LogP contribution in [0, 0.1) is 5.82 Å². The highest BCUT2D eigenvalue weighted by Crippen LogP contribution is 2.31. The molecule has 2 aromatic rings. The summed E-state index contributed by atoms with van der Waals surface area (Å²) in [5.74, 6) is -2.11. The van der Waals surface area contributed by atoms with Crippen LogP contribution in [0.2, 0.25) is 10.0 Å². The largest absolute Gasteiger partial charge is 0.348 e. The quantitative estimate of drug-likeness (QED) is 0.805. The minimum Gasteiger partial charge on any atom is -0.348 e. The molecule has 1 N–H and O–H groups in total. The minimum absolute atomic E-state index is 0.115. The molecule has 0 aliphatic carbocycles. The number of hydrogen-bond acceptors (Lipinski definition) is 3. The molecule has 8 heteroatoms. The van der Waals surface area contributed by atoms with E-state index in [4.69, 9.17) is 23.2 Å². The molecule has 3 rings (SSSR count). The first-order chi connectivity index (χ1) is 12.3. The van der Waals surface area contributed by atoms with E-state index in [1.54, 1.807) is 19.1 Å². The molecule has 0 radical (unpaired) electrons. The van der Waals surface area contributed by atoms with E-state index >= 15 is 0 Å². The second kappa shape index (κ2) is 7.05. The van der Waals surface area contributed by atoms with Crippen molar-refractivity contribution in [2.24, 2.45) is 0 Å². The molecule has 1 aliphatic heterocycles. The number of benzene rings is 2. The monoisotopic (exact) mass is 394 g/mol. The molecule has 0 aromatic heterocycles. The smallest absolute Gasteiger partial charge is 0.262 e. The van der Waals surface area contributed by atoms with Crippen LogP contribution in [0.3, 0.4) is 0 Å². The Kier molecular flexibility index (Phi) is 4.98. The molecule has 0 spiro atoms. The molecular formula is C18H13Cl2FN2O3. The lowest BCUT2D eigenvalue weighted by Crippen LogP contribution is -2.41. The van der Waals surface area contributed by atoms with Gasteiger partial charge in [-0.1, -0.05) is 35.3 Å². The van der Waals surface area contributed by atoms with Crippen LogP contribution in [0.5, 0.6) is 0 Å². The van der Waals surface area contributed by atoms with Crippen molar-refractivity contribution in [2.45, 2.75) is 13.0 Å². The van der Waals surface area contributed by atoms with E-state index in [-0.39, 0.29) is 27.0 Å². The van der Waals surface area contributed by atoms with Gasteiger partial charge in [0.25, 0.3) is 11.8 Å². The zero-order valence-electron chi connectivity index (χ0n) is 13.6. The molecular weight excluding hydrogens is 382 g/mol. The summed E-state index contributed by atoms with van der Waals surface area (Å²) < 4.78 is 13.0. The predicted molar refractivity (Wildman–Crippen MR) is 94.8 cm³/mol. The lowest BCUT2D eigenvalue weighted by Gasteiger charge is -2.17. The Morgan fingerprint density at radius 3 is 2.08 bits per heavy atom. The summed E-state index contributed by atoms with van der Waals surface area (Å²) in [6.07, 6.45) is 0. The summed E-state index contributed by atoms with van der Waals surface area (Å²) in [4.78, 5) is 37.8. The van der Waals surface area contributed by atoms with Crippen molar-refractivity contribution >= 4 is 40.9 Å². The Bertz CT molecular complexity index is 874. The van der Waals surface area contributed by atoms with Crippen LogP contribution < -0.4 is 5.32 Å². The van der Waals surface area contributed by atoms with Gasteiger partial charge in [-0.2, -0.15) is 0 Å². The second-order valence-electron chi connectivity index (χ2n) is 5.85. The maximum atomic E-state index is 13.0. The van der Waals surface area contributed by atoms with Gasteiger partial charge in [-0.3, -0.25) is 19.3 Å². The third-order valence-electron chi connectivity index (χ3n) is 4.06. The maximum absolute atomic E-state index is 13.0. The molecule has 26 heavy (non-hydrogen) atoms. The van der Waals surface area contributed by atoms with Gasteiger partial charge in [-0.25, -0.2) is 4.39 Å². The topological polar surface area (TPSA) is 66.5 Å². The molecule has 1 heterocycles. The van der Waals surface area contributed by atoms with Crippen LogP contribution >= 0.6 is 23.2 Å². The van der Waals surface area contributed by atoms with Gasteiger partial charge in [-0.05, 0) is 36.8 Å². The number of hydrogen-bond donors (Lipinski definition) is 1. The first-order valence-corrected chi connectivity index (χ1v) is 8.43. The zero-order valence-corrected chi connectivity index (χ0v) is 15.1. The van der Waals surface area contributed by atoms with Crippen molar-refractivity contribution < 1.29 is 18.8 Å². The van der Waals surface area contributed by atoms with Crippen molar-refractivity contribution in [3.63, 3.8) is 0 Å². The molecule has 134 valence electrons. The van der Waals surface area contributed by atoms with Crippen molar-refractivity contribution in [3.8, 4) is 0 Å². The van der Waals surface area contributed by atoms with Gasteiger partial charge < -0.3 is 5.32 Å². The number of carbonyl (C=O) groups is 3.